The molecule has 0 bridgehead atoms. The molecule has 1 aliphatic heterocycles. The number of ether oxygens (including phenoxy) is 2. The van der Waals surface area contributed by atoms with Gasteiger partial charge in [-0.05, 0) is 19.1 Å². The van der Waals surface area contributed by atoms with E-state index in [0.29, 0.717) is 0 Å². The Kier molecular flexibility index (Phi) is 3.06. The summed E-state index contributed by atoms with van der Waals surface area (Å²) in [7, 11) is 1.27. The fourth-order valence-corrected chi connectivity index (χ4v) is 1.66. The Morgan fingerprint density at radius 2 is 1.89 bits per heavy atom. The molecule has 0 N–H and O–H groups in total. The number of oxime groups is 1. The minimum atomic E-state index is -4.50. The van der Waals surface area contributed by atoms with Crippen molar-refractivity contribution in [3.05, 3.63) is 23.3 Å². The molecule has 1 aromatic carbocycles. The van der Waals surface area contributed by atoms with Gasteiger partial charge in [0.25, 0.3) is 0 Å². The molecular weight excluding hydrogens is 251 g/mol. The van der Waals surface area contributed by atoms with Gasteiger partial charge < -0.3 is 14.3 Å². The highest BCUT2D eigenvalue weighted by atomic mass is 19.4. The van der Waals surface area contributed by atoms with Crippen molar-refractivity contribution in [3.63, 3.8) is 0 Å². The summed E-state index contributed by atoms with van der Waals surface area (Å²) in [6.45, 7) is 1.34. The second kappa shape index (κ2) is 4.40. The Hall–Kier alpha value is -1.92. The SMILES string of the molecule is CON=C(C)c1cc2c(cc1C(F)(F)F)OCO2. The fraction of sp³-hybridized carbons (Fsp3) is 0.364. The van der Waals surface area contributed by atoms with Gasteiger partial charge in [0.15, 0.2) is 11.5 Å². The summed E-state index contributed by atoms with van der Waals surface area (Å²) >= 11 is 0. The molecule has 2 rings (SSSR count). The highest BCUT2D eigenvalue weighted by Crippen LogP contribution is 2.41. The van der Waals surface area contributed by atoms with Gasteiger partial charge in [-0.25, -0.2) is 0 Å². The van der Waals surface area contributed by atoms with E-state index >= 15 is 0 Å². The third-order valence-electron chi connectivity index (χ3n) is 2.44. The lowest BCUT2D eigenvalue weighted by Gasteiger charge is -2.13. The largest absolute Gasteiger partial charge is 0.454 e. The van der Waals surface area contributed by atoms with Crippen LogP contribution in [0.2, 0.25) is 0 Å². The number of halogens is 3. The van der Waals surface area contributed by atoms with Crippen molar-refractivity contribution in [1.82, 2.24) is 0 Å². The molecule has 0 radical (unpaired) electrons. The summed E-state index contributed by atoms with van der Waals surface area (Å²) in [5, 5.41) is 3.51. The molecule has 1 aromatic rings. The van der Waals surface area contributed by atoms with Gasteiger partial charge in [-0.3, -0.25) is 0 Å². The highest BCUT2D eigenvalue weighted by Gasteiger charge is 2.36. The van der Waals surface area contributed by atoms with Crippen LogP contribution in [-0.2, 0) is 11.0 Å². The standard InChI is InChI=1S/C11H10F3NO3/c1-6(15-16-2)7-3-9-10(18-5-17-9)4-8(7)11(12,13)14/h3-4H,5H2,1-2H3. The third kappa shape index (κ3) is 2.20. The van der Waals surface area contributed by atoms with Gasteiger partial charge in [-0.1, -0.05) is 5.16 Å². The van der Waals surface area contributed by atoms with Crippen LogP contribution in [0.3, 0.4) is 0 Å². The molecule has 0 spiro atoms. The minimum absolute atomic E-state index is 0.0799. The third-order valence-corrected chi connectivity index (χ3v) is 2.44. The second-order valence-electron chi connectivity index (χ2n) is 3.61. The van der Waals surface area contributed by atoms with Crippen LogP contribution < -0.4 is 9.47 Å². The predicted octanol–water partition coefficient (Wildman–Crippen LogP) is 2.80. The maximum atomic E-state index is 12.9. The number of rotatable bonds is 2. The number of hydrogen-bond acceptors (Lipinski definition) is 4. The summed E-state index contributed by atoms with van der Waals surface area (Å²) in [5.41, 5.74) is -0.804. The Labute approximate surface area is 101 Å². The van der Waals surface area contributed by atoms with Gasteiger partial charge in [0.1, 0.15) is 7.11 Å². The average molecular weight is 261 g/mol. The zero-order valence-electron chi connectivity index (χ0n) is 9.67. The van der Waals surface area contributed by atoms with E-state index in [1.165, 1.54) is 20.1 Å². The zero-order chi connectivity index (χ0) is 13.3. The molecular formula is C11H10F3NO3. The summed E-state index contributed by atoms with van der Waals surface area (Å²) in [5.74, 6) is 0.347. The van der Waals surface area contributed by atoms with Crippen molar-refractivity contribution in [3.8, 4) is 11.5 Å². The summed E-state index contributed by atoms with van der Waals surface area (Å²) in [6.07, 6.45) is -4.50. The van der Waals surface area contributed by atoms with Crippen LogP contribution in [0.15, 0.2) is 17.3 Å². The number of hydrogen-bond donors (Lipinski definition) is 0. The number of benzene rings is 1. The molecule has 0 saturated heterocycles. The van der Waals surface area contributed by atoms with Crippen LogP contribution in [0.1, 0.15) is 18.1 Å². The van der Waals surface area contributed by atoms with Crippen LogP contribution in [0.4, 0.5) is 13.2 Å². The van der Waals surface area contributed by atoms with Gasteiger partial charge in [-0.15, -0.1) is 0 Å². The maximum absolute atomic E-state index is 12.9. The maximum Gasteiger partial charge on any atom is 0.417 e. The molecule has 0 saturated carbocycles. The normalized spacial score (nSPS) is 14.8. The molecule has 1 aliphatic rings. The Morgan fingerprint density at radius 3 is 2.44 bits per heavy atom. The Bertz CT molecular complexity index is 497. The van der Waals surface area contributed by atoms with E-state index in [2.05, 4.69) is 9.99 Å². The van der Waals surface area contributed by atoms with E-state index in [1.807, 2.05) is 0 Å². The molecule has 0 fully saturated rings. The molecule has 0 aliphatic carbocycles. The van der Waals surface area contributed by atoms with Gasteiger partial charge in [0, 0.05) is 5.56 Å². The van der Waals surface area contributed by atoms with Gasteiger partial charge in [0.05, 0.1) is 11.3 Å². The average Bonchev–Trinajstić information content (AvgIpc) is 2.73. The van der Waals surface area contributed by atoms with E-state index in [1.54, 1.807) is 0 Å². The lowest BCUT2D eigenvalue weighted by Crippen LogP contribution is -2.12. The van der Waals surface area contributed by atoms with Crippen molar-refractivity contribution in [2.75, 3.05) is 13.9 Å². The molecule has 0 unspecified atom stereocenters. The van der Waals surface area contributed by atoms with Crippen molar-refractivity contribution in [2.24, 2.45) is 5.16 Å². The van der Waals surface area contributed by atoms with Gasteiger partial charge in [0.2, 0.25) is 6.79 Å². The van der Waals surface area contributed by atoms with Gasteiger partial charge in [-0.2, -0.15) is 13.2 Å². The minimum Gasteiger partial charge on any atom is -0.454 e. The molecule has 1 heterocycles. The van der Waals surface area contributed by atoms with E-state index in [-0.39, 0.29) is 29.6 Å². The van der Waals surface area contributed by atoms with E-state index < -0.39 is 11.7 Å². The topological polar surface area (TPSA) is 40.0 Å². The van der Waals surface area contributed by atoms with Crippen LogP contribution in [0.5, 0.6) is 11.5 Å². The second-order valence-corrected chi connectivity index (χ2v) is 3.61. The Morgan fingerprint density at radius 1 is 1.28 bits per heavy atom. The van der Waals surface area contributed by atoms with E-state index in [0.717, 1.165) is 6.07 Å². The van der Waals surface area contributed by atoms with Gasteiger partial charge >= 0.3 is 6.18 Å². The first-order valence-corrected chi connectivity index (χ1v) is 5.02. The molecule has 18 heavy (non-hydrogen) atoms. The predicted molar refractivity (Wildman–Crippen MR) is 56.8 cm³/mol. The smallest absolute Gasteiger partial charge is 0.417 e. The van der Waals surface area contributed by atoms with Crippen LogP contribution in [-0.4, -0.2) is 19.6 Å². The van der Waals surface area contributed by atoms with E-state index in [9.17, 15) is 13.2 Å². The van der Waals surface area contributed by atoms with Crippen molar-refractivity contribution in [1.29, 1.82) is 0 Å². The molecule has 0 amide bonds. The number of fused-ring (bicyclic) bond motifs is 1. The summed E-state index contributed by atoms with van der Waals surface area (Å²) in [4.78, 5) is 4.49. The molecule has 98 valence electrons. The fourth-order valence-electron chi connectivity index (χ4n) is 1.66. The summed E-state index contributed by atoms with van der Waals surface area (Å²) < 4.78 is 48.8. The number of alkyl halides is 3. The lowest BCUT2D eigenvalue weighted by atomic mass is 10.0. The zero-order valence-corrected chi connectivity index (χ0v) is 9.67. The molecule has 0 aromatic heterocycles. The first kappa shape index (κ1) is 12.5. The van der Waals surface area contributed by atoms with Crippen LogP contribution in [0, 0.1) is 0 Å². The summed E-state index contributed by atoms with van der Waals surface area (Å²) in [6, 6.07) is 2.16. The molecule has 0 atom stereocenters. The molecule has 7 heteroatoms. The quantitative estimate of drug-likeness (QED) is 0.607. The van der Waals surface area contributed by atoms with Crippen molar-refractivity contribution >= 4 is 5.71 Å². The van der Waals surface area contributed by atoms with Crippen molar-refractivity contribution < 1.29 is 27.5 Å². The highest BCUT2D eigenvalue weighted by molar-refractivity contribution is 6.00. The monoisotopic (exact) mass is 261 g/mol. The lowest BCUT2D eigenvalue weighted by molar-refractivity contribution is -0.137. The first-order chi connectivity index (χ1) is 8.43. The van der Waals surface area contributed by atoms with Crippen molar-refractivity contribution in [2.45, 2.75) is 13.1 Å². The van der Waals surface area contributed by atoms with Crippen LogP contribution >= 0.6 is 0 Å². The number of nitrogens with zero attached hydrogens (tertiary/aromatic N) is 1. The first-order valence-electron chi connectivity index (χ1n) is 5.02. The Balaban J connectivity index is 2.59. The molecule has 4 nitrogen and oxygen atoms in total. The van der Waals surface area contributed by atoms with E-state index in [4.69, 9.17) is 9.47 Å². The van der Waals surface area contributed by atoms with Crippen LogP contribution in [0.25, 0.3) is 0 Å².